The highest BCUT2D eigenvalue weighted by Gasteiger charge is 2.11. The SMILES string of the molecule is O=C(CCNc1ccc(N2CCCC2)cc1)NCc1cccnc1. The van der Waals surface area contributed by atoms with Gasteiger partial charge in [0, 0.05) is 56.4 Å². The Labute approximate surface area is 143 Å². The average Bonchev–Trinajstić information content (AvgIpc) is 3.16. The van der Waals surface area contributed by atoms with Crippen molar-refractivity contribution in [2.45, 2.75) is 25.8 Å². The first-order valence-corrected chi connectivity index (χ1v) is 8.56. The first-order chi connectivity index (χ1) is 11.8. The molecule has 5 heteroatoms. The summed E-state index contributed by atoms with van der Waals surface area (Å²) in [6.07, 6.45) is 6.52. The lowest BCUT2D eigenvalue weighted by molar-refractivity contribution is -0.121. The average molecular weight is 324 g/mol. The zero-order valence-corrected chi connectivity index (χ0v) is 13.9. The quantitative estimate of drug-likeness (QED) is 0.822. The van der Waals surface area contributed by atoms with Crippen LogP contribution in [0, 0.1) is 0 Å². The second-order valence-electron chi connectivity index (χ2n) is 6.06. The summed E-state index contributed by atoms with van der Waals surface area (Å²) in [5, 5.41) is 6.21. The molecule has 1 fully saturated rings. The van der Waals surface area contributed by atoms with Gasteiger partial charge in [-0.15, -0.1) is 0 Å². The molecule has 1 aliphatic rings. The summed E-state index contributed by atoms with van der Waals surface area (Å²) in [5.41, 5.74) is 3.35. The lowest BCUT2D eigenvalue weighted by atomic mass is 10.2. The highest BCUT2D eigenvalue weighted by Crippen LogP contribution is 2.21. The number of aromatic nitrogens is 1. The Morgan fingerprint density at radius 2 is 1.92 bits per heavy atom. The Morgan fingerprint density at radius 1 is 1.12 bits per heavy atom. The molecule has 1 aromatic carbocycles. The number of hydrogen-bond donors (Lipinski definition) is 2. The second kappa shape index (κ2) is 8.34. The van der Waals surface area contributed by atoms with Crippen molar-refractivity contribution in [3.05, 3.63) is 54.4 Å². The molecule has 24 heavy (non-hydrogen) atoms. The lowest BCUT2D eigenvalue weighted by Crippen LogP contribution is -2.24. The van der Waals surface area contributed by atoms with Gasteiger partial charge in [-0.25, -0.2) is 0 Å². The van der Waals surface area contributed by atoms with Gasteiger partial charge in [-0.3, -0.25) is 9.78 Å². The predicted molar refractivity (Wildman–Crippen MR) is 97.1 cm³/mol. The molecule has 0 bridgehead atoms. The molecule has 0 radical (unpaired) electrons. The third kappa shape index (κ3) is 4.72. The molecule has 2 N–H and O–H groups in total. The maximum atomic E-state index is 11.9. The summed E-state index contributed by atoms with van der Waals surface area (Å²) in [6.45, 7) is 3.47. The molecule has 3 rings (SSSR count). The van der Waals surface area contributed by atoms with Crippen molar-refractivity contribution in [1.82, 2.24) is 10.3 Å². The Morgan fingerprint density at radius 3 is 2.62 bits per heavy atom. The third-order valence-corrected chi connectivity index (χ3v) is 4.23. The van der Waals surface area contributed by atoms with Crippen molar-refractivity contribution >= 4 is 17.3 Å². The zero-order valence-electron chi connectivity index (χ0n) is 13.9. The standard InChI is InChI=1S/C19H24N4O/c24-19(22-15-16-4-3-10-20-14-16)9-11-21-17-5-7-18(8-6-17)23-12-1-2-13-23/h3-8,10,14,21H,1-2,9,11-13,15H2,(H,22,24). The third-order valence-electron chi connectivity index (χ3n) is 4.23. The molecule has 0 saturated carbocycles. The van der Waals surface area contributed by atoms with Gasteiger partial charge in [0.05, 0.1) is 0 Å². The van der Waals surface area contributed by atoms with Crippen molar-refractivity contribution in [2.75, 3.05) is 29.9 Å². The maximum absolute atomic E-state index is 11.9. The van der Waals surface area contributed by atoms with E-state index in [4.69, 9.17) is 0 Å². The van der Waals surface area contributed by atoms with E-state index in [2.05, 4.69) is 44.8 Å². The molecule has 0 unspecified atom stereocenters. The number of carbonyl (C=O) groups is 1. The van der Waals surface area contributed by atoms with Gasteiger partial charge in [0.1, 0.15) is 0 Å². The highest BCUT2D eigenvalue weighted by molar-refractivity contribution is 5.76. The Hall–Kier alpha value is -2.56. The molecular formula is C19H24N4O. The van der Waals surface area contributed by atoms with Crippen molar-refractivity contribution in [1.29, 1.82) is 0 Å². The Bertz CT molecular complexity index is 636. The molecule has 1 aromatic heterocycles. The van der Waals surface area contributed by atoms with Crippen LogP contribution in [0.5, 0.6) is 0 Å². The van der Waals surface area contributed by atoms with E-state index in [-0.39, 0.29) is 5.91 Å². The molecular weight excluding hydrogens is 300 g/mol. The van der Waals surface area contributed by atoms with Gasteiger partial charge in [0.25, 0.3) is 0 Å². The minimum Gasteiger partial charge on any atom is -0.385 e. The number of anilines is 2. The van der Waals surface area contributed by atoms with Crippen molar-refractivity contribution < 1.29 is 4.79 Å². The van der Waals surface area contributed by atoms with Gasteiger partial charge >= 0.3 is 0 Å². The fourth-order valence-corrected chi connectivity index (χ4v) is 2.88. The largest absolute Gasteiger partial charge is 0.385 e. The zero-order chi connectivity index (χ0) is 16.6. The number of nitrogens with one attached hydrogen (secondary N) is 2. The summed E-state index contributed by atoms with van der Waals surface area (Å²) >= 11 is 0. The number of carbonyl (C=O) groups excluding carboxylic acids is 1. The van der Waals surface area contributed by atoms with Gasteiger partial charge < -0.3 is 15.5 Å². The van der Waals surface area contributed by atoms with Crippen LogP contribution in [-0.4, -0.2) is 30.5 Å². The number of rotatable bonds is 7. The van der Waals surface area contributed by atoms with Gasteiger partial charge in [-0.05, 0) is 48.7 Å². The van der Waals surface area contributed by atoms with E-state index in [1.54, 1.807) is 12.4 Å². The Kier molecular flexibility index (Phi) is 5.66. The Balaban J connectivity index is 1.37. The number of amides is 1. The van der Waals surface area contributed by atoms with Crippen molar-refractivity contribution in [3.8, 4) is 0 Å². The number of nitrogens with zero attached hydrogens (tertiary/aromatic N) is 2. The molecule has 2 aromatic rings. The molecule has 5 nitrogen and oxygen atoms in total. The van der Waals surface area contributed by atoms with E-state index in [1.807, 2.05) is 12.1 Å². The molecule has 0 aliphatic carbocycles. The minimum atomic E-state index is 0.0417. The van der Waals surface area contributed by atoms with Crippen LogP contribution in [0.2, 0.25) is 0 Å². The van der Waals surface area contributed by atoms with Crippen LogP contribution in [0.15, 0.2) is 48.8 Å². The first kappa shape index (κ1) is 16.3. The monoisotopic (exact) mass is 324 g/mol. The smallest absolute Gasteiger partial charge is 0.222 e. The maximum Gasteiger partial charge on any atom is 0.222 e. The minimum absolute atomic E-state index is 0.0417. The first-order valence-electron chi connectivity index (χ1n) is 8.56. The molecule has 0 atom stereocenters. The molecule has 2 heterocycles. The van der Waals surface area contributed by atoms with Gasteiger partial charge in [-0.1, -0.05) is 6.07 Å². The summed E-state index contributed by atoms with van der Waals surface area (Å²) in [5.74, 6) is 0.0417. The van der Waals surface area contributed by atoms with E-state index in [1.165, 1.54) is 18.5 Å². The fraction of sp³-hybridized carbons (Fsp3) is 0.368. The van der Waals surface area contributed by atoms with Crippen LogP contribution < -0.4 is 15.5 Å². The number of hydrogen-bond acceptors (Lipinski definition) is 4. The molecule has 1 aliphatic heterocycles. The summed E-state index contributed by atoms with van der Waals surface area (Å²) < 4.78 is 0. The predicted octanol–water partition coefficient (Wildman–Crippen LogP) is 2.80. The van der Waals surface area contributed by atoms with Gasteiger partial charge in [0.15, 0.2) is 0 Å². The van der Waals surface area contributed by atoms with E-state index in [0.29, 0.717) is 19.5 Å². The topological polar surface area (TPSA) is 57.3 Å². The van der Waals surface area contributed by atoms with Crippen molar-refractivity contribution in [2.24, 2.45) is 0 Å². The van der Waals surface area contributed by atoms with Gasteiger partial charge in [-0.2, -0.15) is 0 Å². The van der Waals surface area contributed by atoms with Crippen LogP contribution in [0.4, 0.5) is 11.4 Å². The van der Waals surface area contributed by atoms with Gasteiger partial charge in [0.2, 0.25) is 5.91 Å². The van der Waals surface area contributed by atoms with Crippen LogP contribution >= 0.6 is 0 Å². The lowest BCUT2D eigenvalue weighted by Gasteiger charge is -2.18. The second-order valence-corrected chi connectivity index (χ2v) is 6.06. The van der Waals surface area contributed by atoms with Crippen LogP contribution in [0.1, 0.15) is 24.8 Å². The number of pyridine rings is 1. The van der Waals surface area contributed by atoms with E-state index in [0.717, 1.165) is 24.3 Å². The molecule has 0 spiro atoms. The summed E-state index contributed by atoms with van der Waals surface area (Å²) in [7, 11) is 0. The van der Waals surface area contributed by atoms with E-state index >= 15 is 0 Å². The summed E-state index contributed by atoms with van der Waals surface area (Å²) in [4.78, 5) is 18.3. The highest BCUT2D eigenvalue weighted by atomic mass is 16.1. The number of benzene rings is 1. The molecule has 1 saturated heterocycles. The van der Waals surface area contributed by atoms with Crippen LogP contribution in [0.25, 0.3) is 0 Å². The molecule has 126 valence electrons. The van der Waals surface area contributed by atoms with E-state index < -0.39 is 0 Å². The van der Waals surface area contributed by atoms with Crippen LogP contribution in [0.3, 0.4) is 0 Å². The fourth-order valence-electron chi connectivity index (χ4n) is 2.88. The normalized spacial score (nSPS) is 13.8. The van der Waals surface area contributed by atoms with E-state index in [9.17, 15) is 4.79 Å². The van der Waals surface area contributed by atoms with Crippen molar-refractivity contribution in [3.63, 3.8) is 0 Å². The van der Waals surface area contributed by atoms with Crippen LogP contribution in [-0.2, 0) is 11.3 Å². The summed E-state index contributed by atoms with van der Waals surface area (Å²) in [6, 6.07) is 12.3. The molecule has 1 amide bonds.